The van der Waals surface area contributed by atoms with E-state index in [0.29, 0.717) is 12.0 Å². The van der Waals surface area contributed by atoms with Crippen LogP contribution in [0.5, 0.6) is 0 Å². The first-order valence-electron chi connectivity index (χ1n) is 6.50. The van der Waals surface area contributed by atoms with Crippen molar-refractivity contribution in [3.63, 3.8) is 0 Å². The van der Waals surface area contributed by atoms with E-state index in [4.69, 9.17) is 4.74 Å². The van der Waals surface area contributed by atoms with Crippen LogP contribution in [0.1, 0.15) is 27.7 Å². The number of β-lactam (4-membered cyclic amide) rings is 1. The topological polar surface area (TPSA) is 98.8 Å². The van der Waals surface area contributed by atoms with Crippen LogP contribution in [0.4, 0.5) is 0 Å². The van der Waals surface area contributed by atoms with Crippen LogP contribution < -0.4 is 5.32 Å². The smallest absolute Gasteiger partial charge is 0.355 e. The second-order valence-electron chi connectivity index (χ2n) is 6.02. The normalized spacial score (nSPS) is 28.7. The lowest BCUT2D eigenvalue weighted by molar-refractivity contribution is -0.158. The molecule has 0 radical (unpaired) electrons. The van der Waals surface area contributed by atoms with E-state index in [1.807, 2.05) is 0 Å². The quantitative estimate of drug-likeness (QED) is 0.332. The molecule has 2 heterocycles. The lowest BCUT2D eigenvalue weighted by Gasteiger charge is -2.48. The number of amides is 2. The second-order valence-corrected chi connectivity index (χ2v) is 7.55. The minimum absolute atomic E-state index is 0.142. The Morgan fingerprint density at radius 1 is 1.52 bits per heavy atom. The third-order valence-corrected chi connectivity index (χ3v) is 4.90. The van der Waals surface area contributed by atoms with Crippen molar-refractivity contribution in [3.8, 4) is 0 Å². The van der Waals surface area contributed by atoms with Gasteiger partial charge in [-0.3, -0.25) is 14.5 Å². The molecule has 0 aromatic heterocycles. The summed E-state index contributed by atoms with van der Waals surface area (Å²) in [4.78, 5) is 36.1. The molecular weight excluding hydrogens is 296 g/mol. The Kier molecular flexibility index (Phi) is 4.03. The van der Waals surface area contributed by atoms with Gasteiger partial charge in [-0.25, -0.2) is 4.79 Å². The maximum Gasteiger partial charge on any atom is 0.355 e. The number of nitrogens with one attached hydrogen (secondary N) is 1. The fourth-order valence-corrected chi connectivity index (χ4v) is 4.05. The summed E-state index contributed by atoms with van der Waals surface area (Å²) in [7, 11) is 0. The van der Waals surface area contributed by atoms with E-state index >= 15 is 0 Å². The van der Waals surface area contributed by atoms with E-state index in [0.717, 1.165) is 0 Å². The molecule has 2 aliphatic rings. The summed E-state index contributed by atoms with van der Waals surface area (Å²) in [5.74, 6) is -0.875. The molecule has 1 saturated heterocycles. The molecule has 2 unspecified atom stereocenters. The van der Waals surface area contributed by atoms with Crippen LogP contribution in [0.3, 0.4) is 0 Å². The molecular formula is C13H18N2O5S. The van der Waals surface area contributed by atoms with Gasteiger partial charge >= 0.3 is 5.97 Å². The van der Waals surface area contributed by atoms with Gasteiger partial charge in [-0.15, -0.1) is 0 Å². The third kappa shape index (κ3) is 2.77. The average Bonchev–Trinajstić information content (AvgIpc) is 2.33. The van der Waals surface area contributed by atoms with Gasteiger partial charge < -0.3 is 14.6 Å². The van der Waals surface area contributed by atoms with Crippen LogP contribution in [0.2, 0.25) is 0 Å². The number of esters is 1. The number of hydrogen-bond acceptors (Lipinski definition) is 5. The number of ether oxygens (including phenoxy) is 1. The van der Waals surface area contributed by atoms with Crippen LogP contribution in [0.15, 0.2) is 11.3 Å². The van der Waals surface area contributed by atoms with Crippen molar-refractivity contribution < 1.29 is 23.7 Å². The van der Waals surface area contributed by atoms with Gasteiger partial charge in [-0.1, -0.05) is 0 Å². The number of hydrogen-bond donors (Lipinski definition) is 1. The summed E-state index contributed by atoms with van der Waals surface area (Å²) in [5, 5.41) is 1.64. The van der Waals surface area contributed by atoms with Crippen molar-refractivity contribution >= 4 is 29.5 Å². The van der Waals surface area contributed by atoms with Gasteiger partial charge in [0.2, 0.25) is 11.8 Å². The highest BCUT2D eigenvalue weighted by Gasteiger charge is 2.60. The zero-order chi connectivity index (χ0) is 15.9. The molecule has 0 spiro atoms. The number of carbonyl (C=O) groups is 3. The maximum atomic E-state index is 12.3. The molecule has 0 aliphatic carbocycles. The Morgan fingerprint density at radius 3 is 2.67 bits per heavy atom. The first kappa shape index (κ1) is 15.8. The lowest BCUT2D eigenvalue weighted by Crippen LogP contribution is -2.74. The molecule has 3 atom stereocenters. The monoisotopic (exact) mass is 314 g/mol. The predicted molar refractivity (Wildman–Crippen MR) is 75.2 cm³/mol. The standard InChI is InChI=1S/C13H18N2O5S/c1-7-5-21(19)11-8(14-6-16)10(17)15(11)9(7)12(18)20-13(2,3)4/h6,8,11H,5H2,1-4H3,(H,14,16)/t8?,11-,21?/m0/s1. The van der Waals surface area contributed by atoms with E-state index in [-0.39, 0.29) is 11.4 Å². The lowest BCUT2D eigenvalue weighted by atomic mass is 10.0. The zero-order valence-corrected chi connectivity index (χ0v) is 13.2. The summed E-state index contributed by atoms with van der Waals surface area (Å²) in [6.45, 7) is 6.84. The molecule has 7 nitrogen and oxygen atoms in total. The van der Waals surface area contributed by atoms with Gasteiger partial charge in [-0.2, -0.15) is 0 Å². The van der Waals surface area contributed by atoms with Crippen molar-refractivity contribution in [2.24, 2.45) is 0 Å². The molecule has 116 valence electrons. The van der Waals surface area contributed by atoms with Crippen molar-refractivity contribution in [3.05, 3.63) is 11.3 Å². The Morgan fingerprint density at radius 2 is 2.14 bits per heavy atom. The van der Waals surface area contributed by atoms with Crippen molar-refractivity contribution in [1.82, 2.24) is 10.2 Å². The summed E-state index contributed by atoms with van der Waals surface area (Å²) in [5.41, 5.74) is 0.00498. The van der Waals surface area contributed by atoms with E-state index < -0.39 is 40.1 Å². The minimum Gasteiger partial charge on any atom is -0.614 e. The number of carbonyl (C=O) groups excluding carboxylic acids is 3. The van der Waals surface area contributed by atoms with E-state index in [2.05, 4.69) is 5.32 Å². The summed E-state index contributed by atoms with van der Waals surface area (Å²) >= 11 is -1.35. The minimum atomic E-state index is -1.35. The third-order valence-electron chi connectivity index (χ3n) is 3.16. The maximum absolute atomic E-state index is 12.3. The van der Waals surface area contributed by atoms with Crippen molar-refractivity contribution in [2.45, 2.75) is 44.7 Å². The second kappa shape index (κ2) is 5.34. The van der Waals surface area contributed by atoms with Crippen LogP contribution in [-0.4, -0.2) is 50.5 Å². The van der Waals surface area contributed by atoms with Gasteiger partial charge in [0.05, 0.1) is 0 Å². The molecule has 8 heteroatoms. The van der Waals surface area contributed by atoms with E-state index in [1.165, 1.54) is 4.90 Å². The Labute approximate surface area is 125 Å². The number of nitrogens with zero attached hydrogens (tertiary/aromatic N) is 1. The van der Waals surface area contributed by atoms with Crippen LogP contribution in [0, 0.1) is 0 Å². The zero-order valence-electron chi connectivity index (χ0n) is 12.3. The highest BCUT2D eigenvalue weighted by atomic mass is 32.2. The molecule has 1 fully saturated rings. The van der Waals surface area contributed by atoms with Crippen LogP contribution >= 0.6 is 0 Å². The Balaban J connectivity index is 2.29. The van der Waals surface area contributed by atoms with Crippen molar-refractivity contribution in [1.29, 1.82) is 0 Å². The molecule has 1 N–H and O–H groups in total. The van der Waals surface area contributed by atoms with Gasteiger partial charge in [0.1, 0.15) is 17.1 Å². The number of fused-ring (bicyclic) bond motifs is 1. The molecule has 0 aromatic carbocycles. The highest BCUT2D eigenvalue weighted by Crippen LogP contribution is 2.37. The molecule has 0 saturated carbocycles. The largest absolute Gasteiger partial charge is 0.614 e. The predicted octanol–water partition coefficient (Wildman–Crippen LogP) is -0.353. The molecule has 2 amide bonds. The summed E-state index contributed by atoms with van der Waals surface area (Å²) in [6.07, 6.45) is 0.398. The van der Waals surface area contributed by atoms with Gasteiger partial charge in [0.25, 0.3) is 5.91 Å². The Hall–Kier alpha value is -1.54. The molecule has 21 heavy (non-hydrogen) atoms. The number of rotatable bonds is 3. The summed E-state index contributed by atoms with van der Waals surface area (Å²) < 4.78 is 17.4. The van der Waals surface area contributed by atoms with Gasteiger partial charge in [0, 0.05) is 5.57 Å². The first-order chi connectivity index (χ1) is 9.67. The first-order valence-corrected chi connectivity index (χ1v) is 7.88. The average molecular weight is 314 g/mol. The fourth-order valence-electron chi connectivity index (χ4n) is 2.37. The van der Waals surface area contributed by atoms with E-state index in [9.17, 15) is 18.9 Å². The molecule has 0 bridgehead atoms. The van der Waals surface area contributed by atoms with Crippen LogP contribution in [-0.2, 0) is 30.3 Å². The van der Waals surface area contributed by atoms with E-state index in [1.54, 1.807) is 27.7 Å². The fraction of sp³-hybridized carbons (Fsp3) is 0.615. The van der Waals surface area contributed by atoms with Crippen LogP contribution in [0.25, 0.3) is 0 Å². The van der Waals surface area contributed by atoms with Gasteiger partial charge in [-0.05, 0) is 38.9 Å². The molecule has 2 rings (SSSR count). The highest BCUT2D eigenvalue weighted by molar-refractivity contribution is 7.92. The van der Waals surface area contributed by atoms with Crippen molar-refractivity contribution in [2.75, 3.05) is 5.75 Å². The van der Waals surface area contributed by atoms with Gasteiger partial charge in [0.15, 0.2) is 6.04 Å². The summed E-state index contributed by atoms with van der Waals surface area (Å²) in [6, 6.07) is -0.839. The molecule has 2 aliphatic heterocycles. The SMILES string of the molecule is CC1=C(C(=O)OC(C)(C)C)N2C(=O)C(NC=O)[C@@H]2[S+]([O-])C1. The Bertz CT molecular complexity index is 525. The molecule has 0 aromatic rings.